The van der Waals surface area contributed by atoms with Crippen molar-refractivity contribution in [1.29, 1.82) is 0 Å². The molecule has 3 aromatic carbocycles. The molecule has 0 saturated carbocycles. The number of rotatable bonds is 11. The number of halogens is 2. The number of nitrogens with one attached hydrogen (secondary N) is 1. The molecule has 264 valence electrons. The van der Waals surface area contributed by atoms with Gasteiger partial charge in [-0.25, -0.2) is 12.8 Å². The number of amides is 1. The molecule has 1 saturated heterocycles. The molecule has 1 amide bonds. The van der Waals surface area contributed by atoms with Crippen molar-refractivity contribution in [3.8, 4) is 22.4 Å². The fourth-order valence-corrected chi connectivity index (χ4v) is 8.66. The molecule has 1 N–H and O–H groups in total. The summed E-state index contributed by atoms with van der Waals surface area (Å²) >= 11 is 6.80. The van der Waals surface area contributed by atoms with Gasteiger partial charge in [0, 0.05) is 83.8 Å². The number of benzene rings is 3. The second-order valence-electron chi connectivity index (χ2n) is 13.9. The maximum Gasteiger partial charge on any atom is 0.251 e. The van der Waals surface area contributed by atoms with Crippen LogP contribution in [0.3, 0.4) is 0 Å². The van der Waals surface area contributed by atoms with Crippen molar-refractivity contribution in [2.24, 2.45) is 0 Å². The number of hydrogen-bond donors (Lipinski definition) is 1. The molecule has 1 aromatic heterocycles. The molecule has 0 radical (unpaired) electrons. The third-order valence-corrected chi connectivity index (χ3v) is 11.8. The van der Waals surface area contributed by atoms with Crippen molar-refractivity contribution in [1.82, 2.24) is 24.3 Å². The molecule has 7 rings (SSSR count). The second-order valence-corrected chi connectivity index (χ2v) is 16.3. The summed E-state index contributed by atoms with van der Waals surface area (Å²) in [6, 6.07) is 17.9. The molecular formula is C38H44ClFN6O3S. The summed E-state index contributed by atoms with van der Waals surface area (Å²) in [6.45, 7) is 8.20. The van der Waals surface area contributed by atoms with Crippen molar-refractivity contribution < 1.29 is 17.6 Å². The zero-order chi connectivity index (χ0) is 35.0. The predicted octanol–water partition coefficient (Wildman–Crippen LogP) is 5.99. The topological polar surface area (TPSA) is 90.8 Å². The maximum absolute atomic E-state index is 13.7. The van der Waals surface area contributed by atoms with Crippen molar-refractivity contribution >= 4 is 33.2 Å². The number of carbonyl (C=O) groups excluding carboxylic acids is 1. The van der Waals surface area contributed by atoms with Gasteiger partial charge in [0.1, 0.15) is 5.82 Å². The Hall–Kier alpha value is -3.77. The number of fused-ring (bicyclic) bond motifs is 2. The summed E-state index contributed by atoms with van der Waals surface area (Å²) in [5.74, 6) is -0.416. The fraction of sp³-hybridized carbons (Fsp3) is 0.421. The fourth-order valence-electron chi connectivity index (χ4n) is 7.65. The van der Waals surface area contributed by atoms with Gasteiger partial charge in [0.15, 0.2) is 0 Å². The number of aromatic nitrogens is 2. The van der Waals surface area contributed by atoms with E-state index in [1.165, 1.54) is 29.5 Å². The van der Waals surface area contributed by atoms with Gasteiger partial charge in [0.05, 0.1) is 11.9 Å². The number of aryl methyl sites for hydroxylation is 1. The lowest BCUT2D eigenvalue weighted by molar-refractivity contribution is 0.0941. The highest BCUT2D eigenvalue weighted by Crippen LogP contribution is 2.37. The molecule has 4 heterocycles. The molecule has 9 nitrogen and oxygen atoms in total. The predicted molar refractivity (Wildman–Crippen MR) is 197 cm³/mol. The van der Waals surface area contributed by atoms with Gasteiger partial charge >= 0.3 is 0 Å². The van der Waals surface area contributed by atoms with Crippen LogP contribution in [-0.2, 0) is 36.0 Å². The van der Waals surface area contributed by atoms with E-state index in [9.17, 15) is 17.6 Å². The van der Waals surface area contributed by atoms with Gasteiger partial charge < -0.3 is 15.1 Å². The minimum atomic E-state index is -3.37. The lowest BCUT2D eigenvalue weighted by Gasteiger charge is -2.26. The Labute approximate surface area is 299 Å². The van der Waals surface area contributed by atoms with E-state index >= 15 is 0 Å². The van der Waals surface area contributed by atoms with Crippen LogP contribution in [0.5, 0.6) is 0 Å². The highest BCUT2D eigenvalue weighted by Gasteiger charge is 2.30. The van der Waals surface area contributed by atoms with Crippen LogP contribution in [0.4, 0.5) is 10.1 Å². The third kappa shape index (κ3) is 7.46. The van der Waals surface area contributed by atoms with E-state index < -0.39 is 10.0 Å². The molecule has 1 fully saturated rings. The summed E-state index contributed by atoms with van der Waals surface area (Å²) in [4.78, 5) is 18.1. The summed E-state index contributed by atoms with van der Waals surface area (Å²) in [7, 11) is -3.37. The molecule has 3 aliphatic heterocycles. The number of nitrogens with zero attached hydrogens (tertiary/aromatic N) is 5. The van der Waals surface area contributed by atoms with E-state index in [0.29, 0.717) is 30.1 Å². The van der Waals surface area contributed by atoms with Crippen LogP contribution < -0.4 is 10.2 Å². The lowest BCUT2D eigenvalue weighted by Crippen LogP contribution is -2.41. The smallest absolute Gasteiger partial charge is 0.251 e. The standard InChI is InChI=1S/C38H44ClFN6O3S/c1-26(24-44-19-13-28-22-31(40)10-12-35(28)44)41-38(47)30-8-5-7-27(21-30)32-23-29(9-11-34(32)39)37-33-25-45(50(2,48)49)20-14-36(33)46(42-37)18-6-17-43-15-3-4-16-43/h5,7-12,21-23,26H,3-4,6,13-20,24-25H2,1-2H3,(H,41,47)/t26-/m0/s1. The minimum Gasteiger partial charge on any atom is -0.369 e. The van der Waals surface area contributed by atoms with Crippen LogP contribution in [0.15, 0.2) is 60.7 Å². The highest BCUT2D eigenvalue weighted by atomic mass is 35.5. The van der Waals surface area contributed by atoms with Gasteiger partial charge in [-0.05, 0) is 106 Å². The first-order valence-electron chi connectivity index (χ1n) is 17.5. The maximum atomic E-state index is 13.7. The first-order chi connectivity index (χ1) is 24.0. The molecule has 50 heavy (non-hydrogen) atoms. The highest BCUT2D eigenvalue weighted by molar-refractivity contribution is 7.88. The Morgan fingerprint density at radius 2 is 1.80 bits per heavy atom. The summed E-state index contributed by atoms with van der Waals surface area (Å²) in [5, 5.41) is 8.76. The molecule has 0 bridgehead atoms. The summed E-state index contributed by atoms with van der Waals surface area (Å²) in [6.07, 6.45) is 6.15. The molecule has 0 spiro atoms. The third-order valence-electron chi connectivity index (χ3n) is 10.2. The van der Waals surface area contributed by atoms with E-state index in [1.807, 2.05) is 49.4 Å². The van der Waals surface area contributed by atoms with Gasteiger partial charge in [-0.2, -0.15) is 9.40 Å². The number of carbonyl (C=O) groups is 1. The van der Waals surface area contributed by atoms with E-state index in [1.54, 1.807) is 12.1 Å². The monoisotopic (exact) mass is 718 g/mol. The van der Waals surface area contributed by atoms with Crippen molar-refractivity contribution in [2.75, 3.05) is 50.4 Å². The van der Waals surface area contributed by atoms with Gasteiger partial charge in [-0.1, -0.05) is 29.8 Å². The Balaban J connectivity index is 1.11. The first-order valence-corrected chi connectivity index (χ1v) is 19.8. The molecule has 0 aliphatic carbocycles. The van der Waals surface area contributed by atoms with E-state index in [4.69, 9.17) is 16.7 Å². The van der Waals surface area contributed by atoms with E-state index in [0.717, 1.165) is 90.5 Å². The summed E-state index contributed by atoms with van der Waals surface area (Å²) < 4.78 is 42.5. The SMILES string of the molecule is C[C@@H](CN1CCc2cc(F)ccc21)NC(=O)c1cccc(-c2cc(-c3nn(CCCN4CCCC4)c4c3CN(S(C)(=O)=O)CC4)ccc2Cl)c1. The molecule has 1 atom stereocenters. The average molecular weight is 719 g/mol. The van der Waals surface area contributed by atoms with Crippen LogP contribution in [-0.4, -0.2) is 84.9 Å². The Morgan fingerprint density at radius 3 is 2.60 bits per heavy atom. The van der Waals surface area contributed by atoms with Gasteiger partial charge in [-0.3, -0.25) is 9.48 Å². The molecule has 0 unspecified atom stereocenters. The van der Waals surface area contributed by atoms with Crippen LogP contribution in [0, 0.1) is 5.82 Å². The van der Waals surface area contributed by atoms with Crippen LogP contribution >= 0.6 is 11.6 Å². The number of likely N-dealkylation sites (tertiary alicyclic amines) is 1. The lowest BCUT2D eigenvalue weighted by atomic mass is 9.97. The zero-order valence-electron chi connectivity index (χ0n) is 28.7. The summed E-state index contributed by atoms with van der Waals surface area (Å²) in [5.41, 5.74) is 7.73. The molecule has 3 aliphatic rings. The quantitative estimate of drug-likeness (QED) is 0.205. The molecule has 4 aromatic rings. The number of hydrogen-bond acceptors (Lipinski definition) is 6. The Morgan fingerprint density at radius 1 is 0.980 bits per heavy atom. The van der Waals surface area contributed by atoms with Crippen LogP contribution in [0.1, 0.15) is 53.4 Å². The number of anilines is 1. The van der Waals surface area contributed by atoms with Crippen LogP contribution in [0.25, 0.3) is 22.4 Å². The first kappa shape index (κ1) is 34.7. The van der Waals surface area contributed by atoms with Crippen molar-refractivity contribution in [3.63, 3.8) is 0 Å². The Kier molecular flexibility index (Phi) is 10.0. The number of sulfonamides is 1. The van der Waals surface area contributed by atoms with Crippen LogP contribution in [0.2, 0.25) is 5.02 Å². The van der Waals surface area contributed by atoms with Crippen molar-refractivity contribution in [2.45, 2.75) is 58.2 Å². The van der Waals surface area contributed by atoms with Crippen molar-refractivity contribution in [3.05, 3.63) is 93.9 Å². The molecular weight excluding hydrogens is 675 g/mol. The largest absolute Gasteiger partial charge is 0.369 e. The van der Waals surface area contributed by atoms with Gasteiger partial charge in [-0.15, -0.1) is 0 Å². The van der Waals surface area contributed by atoms with E-state index in [2.05, 4.69) is 19.8 Å². The van der Waals surface area contributed by atoms with Gasteiger partial charge in [0.2, 0.25) is 10.0 Å². The minimum absolute atomic E-state index is 0.141. The van der Waals surface area contributed by atoms with Gasteiger partial charge in [0.25, 0.3) is 5.91 Å². The zero-order valence-corrected chi connectivity index (χ0v) is 30.2. The average Bonchev–Trinajstić information content (AvgIpc) is 3.84. The van der Waals surface area contributed by atoms with E-state index in [-0.39, 0.29) is 24.3 Å². The normalized spacial score (nSPS) is 17.2. The molecule has 12 heteroatoms. The second kappa shape index (κ2) is 14.5. The Bertz CT molecular complexity index is 2010.